The Labute approximate surface area is 233 Å². The molecule has 5 rings (SSSR count). The van der Waals surface area contributed by atoms with Crippen molar-refractivity contribution < 1.29 is 13.2 Å². The van der Waals surface area contributed by atoms with E-state index in [4.69, 9.17) is 26.6 Å². The van der Waals surface area contributed by atoms with Crippen molar-refractivity contribution >= 4 is 21.6 Å². The fourth-order valence-electron chi connectivity index (χ4n) is 4.47. The summed E-state index contributed by atoms with van der Waals surface area (Å²) in [5, 5.41) is 11.0. The van der Waals surface area contributed by atoms with Crippen molar-refractivity contribution in [2.24, 2.45) is 5.14 Å². The topological polar surface area (TPSA) is 87.2 Å². The van der Waals surface area contributed by atoms with Gasteiger partial charge in [-0.1, -0.05) is 96.5 Å². The van der Waals surface area contributed by atoms with E-state index in [1.54, 1.807) is 12.1 Å². The van der Waals surface area contributed by atoms with E-state index in [2.05, 4.69) is 12.1 Å². The van der Waals surface area contributed by atoms with E-state index in [9.17, 15) is 8.42 Å². The lowest BCUT2D eigenvalue weighted by Gasteiger charge is -2.12. The molecule has 4 aromatic carbocycles. The van der Waals surface area contributed by atoms with Gasteiger partial charge >= 0.3 is 0 Å². The van der Waals surface area contributed by atoms with Gasteiger partial charge in [0, 0.05) is 22.7 Å². The first-order chi connectivity index (χ1) is 18.9. The molecular weight excluding hydrogens is 530 g/mol. The smallest absolute Gasteiger partial charge is 0.238 e. The van der Waals surface area contributed by atoms with Gasteiger partial charge < -0.3 is 4.74 Å². The van der Waals surface area contributed by atoms with Gasteiger partial charge in [0.15, 0.2) is 0 Å². The lowest BCUT2D eigenvalue weighted by atomic mass is 9.99. The average molecular weight is 558 g/mol. The summed E-state index contributed by atoms with van der Waals surface area (Å²) in [5.74, 6) is 0. The van der Waals surface area contributed by atoms with Crippen LogP contribution < -0.4 is 5.14 Å². The Kier molecular flexibility index (Phi) is 8.24. The molecule has 2 N–H and O–H groups in total. The van der Waals surface area contributed by atoms with E-state index in [-0.39, 0.29) is 4.90 Å². The van der Waals surface area contributed by atoms with E-state index in [0.717, 1.165) is 40.1 Å². The molecule has 0 aliphatic heterocycles. The SMILES string of the molecule is NS(=O)(=O)c1ccc(-c2nn(CCc3ccccc3)c(COCc3ccccc3)c2-c2ccc(Cl)cc2)cc1. The van der Waals surface area contributed by atoms with Crippen LogP contribution in [0, 0.1) is 0 Å². The second kappa shape index (κ2) is 12.0. The molecule has 1 aromatic heterocycles. The highest BCUT2D eigenvalue weighted by atomic mass is 35.5. The van der Waals surface area contributed by atoms with Crippen molar-refractivity contribution in [3.8, 4) is 22.4 Å². The molecule has 0 aliphatic carbocycles. The quantitative estimate of drug-likeness (QED) is 0.213. The molecule has 0 bridgehead atoms. The minimum absolute atomic E-state index is 0.0502. The third kappa shape index (κ3) is 6.64. The number of nitrogens with zero attached hydrogens (tertiary/aromatic N) is 2. The molecule has 0 atom stereocenters. The summed E-state index contributed by atoms with van der Waals surface area (Å²) in [5.41, 5.74) is 6.57. The summed E-state index contributed by atoms with van der Waals surface area (Å²) in [6.07, 6.45) is 0.790. The molecule has 8 heteroatoms. The second-order valence-electron chi connectivity index (χ2n) is 9.18. The molecule has 39 heavy (non-hydrogen) atoms. The van der Waals surface area contributed by atoms with E-state index < -0.39 is 10.0 Å². The Morgan fingerprint density at radius 2 is 1.33 bits per heavy atom. The minimum Gasteiger partial charge on any atom is -0.370 e. The lowest BCUT2D eigenvalue weighted by molar-refractivity contribution is 0.101. The minimum atomic E-state index is -3.81. The van der Waals surface area contributed by atoms with Gasteiger partial charge in [-0.05, 0) is 47.4 Å². The molecule has 0 saturated carbocycles. The first-order valence-corrected chi connectivity index (χ1v) is 14.5. The van der Waals surface area contributed by atoms with Crippen LogP contribution in [0.5, 0.6) is 0 Å². The highest BCUT2D eigenvalue weighted by molar-refractivity contribution is 7.89. The molecule has 0 radical (unpaired) electrons. The molecular formula is C31H28ClN3O3S. The van der Waals surface area contributed by atoms with Crippen LogP contribution in [0.1, 0.15) is 16.8 Å². The molecule has 0 amide bonds. The Bertz CT molecular complexity index is 1640. The van der Waals surface area contributed by atoms with Crippen molar-refractivity contribution in [3.05, 3.63) is 131 Å². The number of halogens is 1. The van der Waals surface area contributed by atoms with Crippen molar-refractivity contribution in [1.82, 2.24) is 9.78 Å². The molecule has 0 spiro atoms. The van der Waals surface area contributed by atoms with Crippen LogP contribution in [0.15, 0.2) is 114 Å². The van der Waals surface area contributed by atoms with Gasteiger partial charge in [0.2, 0.25) is 10.0 Å². The maximum atomic E-state index is 11.8. The monoisotopic (exact) mass is 557 g/mol. The third-order valence-corrected chi connectivity index (χ3v) is 7.63. The summed E-state index contributed by atoms with van der Waals surface area (Å²) in [4.78, 5) is 0.0502. The largest absolute Gasteiger partial charge is 0.370 e. The molecule has 0 fully saturated rings. The molecule has 5 aromatic rings. The van der Waals surface area contributed by atoms with Gasteiger partial charge in [-0.25, -0.2) is 13.6 Å². The summed E-state index contributed by atoms with van der Waals surface area (Å²) >= 11 is 6.22. The number of aromatic nitrogens is 2. The van der Waals surface area contributed by atoms with Crippen LogP contribution in [0.2, 0.25) is 5.02 Å². The van der Waals surface area contributed by atoms with Crippen LogP contribution in [0.25, 0.3) is 22.4 Å². The van der Waals surface area contributed by atoms with Crippen LogP contribution >= 0.6 is 11.6 Å². The Hall–Kier alpha value is -3.75. The van der Waals surface area contributed by atoms with Crippen molar-refractivity contribution in [2.45, 2.75) is 31.1 Å². The van der Waals surface area contributed by atoms with Gasteiger partial charge in [-0.2, -0.15) is 5.10 Å². The van der Waals surface area contributed by atoms with Gasteiger partial charge in [-0.3, -0.25) is 4.68 Å². The highest BCUT2D eigenvalue weighted by Crippen LogP contribution is 2.36. The number of nitrogens with two attached hydrogens (primary N) is 1. The first kappa shape index (κ1) is 26.8. The van der Waals surface area contributed by atoms with Crippen LogP contribution in [-0.4, -0.2) is 18.2 Å². The zero-order valence-electron chi connectivity index (χ0n) is 21.2. The predicted octanol–water partition coefficient (Wildman–Crippen LogP) is 6.48. The number of rotatable bonds is 10. The number of hydrogen-bond donors (Lipinski definition) is 1. The molecule has 0 unspecified atom stereocenters. The number of sulfonamides is 1. The molecule has 0 saturated heterocycles. The fraction of sp³-hybridized carbons (Fsp3) is 0.129. The molecule has 6 nitrogen and oxygen atoms in total. The second-order valence-corrected chi connectivity index (χ2v) is 11.2. The fourth-order valence-corrected chi connectivity index (χ4v) is 5.11. The van der Waals surface area contributed by atoms with E-state index in [1.807, 2.05) is 77.5 Å². The number of ether oxygens (including phenoxy) is 1. The van der Waals surface area contributed by atoms with Crippen LogP contribution in [0.4, 0.5) is 0 Å². The van der Waals surface area contributed by atoms with E-state index in [1.165, 1.54) is 17.7 Å². The Balaban J connectivity index is 1.58. The molecule has 0 aliphatic rings. The summed E-state index contributed by atoms with van der Waals surface area (Å²) < 4.78 is 31.9. The zero-order valence-corrected chi connectivity index (χ0v) is 22.8. The predicted molar refractivity (Wildman–Crippen MR) is 155 cm³/mol. The zero-order chi connectivity index (χ0) is 27.2. The number of primary sulfonamides is 1. The average Bonchev–Trinajstić information content (AvgIpc) is 3.31. The Morgan fingerprint density at radius 3 is 1.95 bits per heavy atom. The van der Waals surface area contributed by atoms with E-state index >= 15 is 0 Å². The highest BCUT2D eigenvalue weighted by Gasteiger charge is 2.22. The maximum Gasteiger partial charge on any atom is 0.238 e. The number of hydrogen-bond acceptors (Lipinski definition) is 4. The molecule has 198 valence electrons. The van der Waals surface area contributed by atoms with Crippen LogP contribution in [-0.2, 0) is 40.9 Å². The molecule has 1 heterocycles. The maximum absolute atomic E-state index is 11.8. The first-order valence-electron chi connectivity index (χ1n) is 12.5. The van der Waals surface area contributed by atoms with Crippen LogP contribution in [0.3, 0.4) is 0 Å². The standard InChI is InChI=1S/C31H28ClN3O3S/c32-27-15-11-25(12-16-27)30-29(22-38-21-24-9-5-2-6-10-24)35(20-19-23-7-3-1-4-8-23)34-31(30)26-13-17-28(18-14-26)39(33,36)37/h1-18H,19-22H2,(H2,33,36,37). The van der Waals surface area contributed by atoms with Gasteiger partial charge in [-0.15, -0.1) is 0 Å². The summed E-state index contributed by atoms with van der Waals surface area (Å²) in [6.45, 7) is 1.44. The van der Waals surface area contributed by atoms with Gasteiger partial charge in [0.05, 0.1) is 23.8 Å². The lowest BCUT2D eigenvalue weighted by Crippen LogP contribution is -2.11. The normalized spacial score (nSPS) is 11.5. The van der Waals surface area contributed by atoms with Crippen molar-refractivity contribution in [2.75, 3.05) is 0 Å². The van der Waals surface area contributed by atoms with Crippen molar-refractivity contribution in [1.29, 1.82) is 0 Å². The number of aryl methyl sites for hydroxylation is 2. The number of benzene rings is 4. The Morgan fingerprint density at radius 1 is 0.744 bits per heavy atom. The summed E-state index contributed by atoms with van der Waals surface area (Å²) in [7, 11) is -3.81. The summed E-state index contributed by atoms with van der Waals surface area (Å²) in [6, 6.07) is 34.4. The van der Waals surface area contributed by atoms with Gasteiger partial charge in [0.1, 0.15) is 5.69 Å². The third-order valence-electron chi connectivity index (χ3n) is 6.45. The van der Waals surface area contributed by atoms with Crippen molar-refractivity contribution in [3.63, 3.8) is 0 Å². The van der Waals surface area contributed by atoms with E-state index in [0.29, 0.717) is 24.8 Å². The van der Waals surface area contributed by atoms with Gasteiger partial charge in [0.25, 0.3) is 0 Å².